The largest absolute Gasteiger partial charge is 0.333 e. The monoisotopic (exact) mass is 399 g/mol. The average molecular weight is 399 g/mol. The Morgan fingerprint density at radius 3 is 2.77 bits per heavy atom. The summed E-state index contributed by atoms with van der Waals surface area (Å²) in [6, 6.07) is 13.8. The van der Waals surface area contributed by atoms with E-state index >= 15 is 0 Å². The highest BCUT2D eigenvalue weighted by molar-refractivity contribution is 5.94. The van der Waals surface area contributed by atoms with Crippen molar-refractivity contribution in [1.82, 2.24) is 24.6 Å². The highest BCUT2D eigenvalue weighted by Gasteiger charge is 2.41. The molecule has 1 aliphatic heterocycles. The first-order chi connectivity index (χ1) is 14.5. The van der Waals surface area contributed by atoms with Crippen LogP contribution in [0.1, 0.15) is 30.6 Å². The lowest BCUT2D eigenvalue weighted by atomic mass is 9.96. The Kier molecular flexibility index (Phi) is 4.42. The van der Waals surface area contributed by atoms with Gasteiger partial charge in [-0.2, -0.15) is 5.10 Å². The molecular formula is C24H25N5O. The third-order valence-corrected chi connectivity index (χ3v) is 6.11. The number of aromatic nitrogens is 4. The Balaban J connectivity index is 1.36. The van der Waals surface area contributed by atoms with Gasteiger partial charge >= 0.3 is 0 Å². The lowest BCUT2D eigenvalue weighted by molar-refractivity contribution is 0.0649. The van der Waals surface area contributed by atoms with Crippen molar-refractivity contribution in [2.45, 2.75) is 32.4 Å². The lowest BCUT2D eigenvalue weighted by Gasteiger charge is -2.31. The van der Waals surface area contributed by atoms with Crippen LogP contribution in [-0.2, 0) is 6.54 Å². The molecular weight excluding hydrogens is 374 g/mol. The first kappa shape index (κ1) is 18.6. The van der Waals surface area contributed by atoms with Gasteiger partial charge in [0, 0.05) is 59.3 Å². The molecule has 30 heavy (non-hydrogen) atoms. The molecule has 1 amide bonds. The summed E-state index contributed by atoms with van der Waals surface area (Å²) in [5, 5.41) is 7.98. The molecule has 1 unspecified atom stereocenters. The van der Waals surface area contributed by atoms with Crippen LogP contribution in [0.25, 0.3) is 22.2 Å². The summed E-state index contributed by atoms with van der Waals surface area (Å²) in [6.45, 7) is 5.94. The molecule has 1 fully saturated rings. The zero-order valence-electron chi connectivity index (χ0n) is 17.2. The number of benzene rings is 1. The molecule has 4 heterocycles. The number of rotatable bonds is 4. The molecule has 1 N–H and O–H groups in total. The molecule has 6 nitrogen and oxygen atoms in total. The van der Waals surface area contributed by atoms with Crippen LogP contribution in [0, 0.1) is 5.92 Å². The first-order valence-electron chi connectivity index (χ1n) is 10.3. The van der Waals surface area contributed by atoms with E-state index in [4.69, 9.17) is 4.98 Å². The van der Waals surface area contributed by atoms with Crippen LogP contribution in [0.3, 0.4) is 0 Å². The summed E-state index contributed by atoms with van der Waals surface area (Å²) < 4.78 is 2.21. The van der Waals surface area contributed by atoms with Crippen molar-refractivity contribution in [3.63, 3.8) is 0 Å². The summed E-state index contributed by atoms with van der Waals surface area (Å²) in [7, 11) is 0. The summed E-state index contributed by atoms with van der Waals surface area (Å²) in [4.78, 5) is 19.8. The fourth-order valence-electron chi connectivity index (χ4n) is 4.67. The van der Waals surface area contributed by atoms with Gasteiger partial charge in [-0.25, -0.2) is 4.98 Å². The van der Waals surface area contributed by atoms with Gasteiger partial charge in [0.1, 0.15) is 5.65 Å². The number of amides is 1. The fourth-order valence-corrected chi connectivity index (χ4v) is 4.67. The molecule has 3 aromatic heterocycles. The Bertz CT molecular complexity index is 1180. The van der Waals surface area contributed by atoms with Crippen molar-refractivity contribution in [3.05, 3.63) is 72.8 Å². The van der Waals surface area contributed by atoms with Crippen LogP contribution in [0.4, 0.5) is 0 Å². The number of nitrogens with one attached hydrogen (secondary N) is 1. The van der Waals surface area contributed by atoms with Gasteiger partial charge < -0.3 is 9.47 Å². The van der Waals surface area contributed by atoms with Crippen LogP contribution in [0.15, 0.2) is 67.3 Å². The number of hydrogen-bond donors (Lipinski definition) is 1. The summed E-state index contributed by atoms with van der Waals surface area (Å²) in [5.74, 6) is 0.502. The standard InChI is InChI=1S/C24H25N5O/c1-24(2)11-17(16-29(24)23(30)18-6-4-3-5-7-18)15-28-9-8-19-10-20(12-25-22(19)28)21-13-26-27-14-21/h3-10,12-14,17H,11,15-16H2,1-2H3,(H,26,27). The molecule has 4 aromatic rings. The van der Waals surface area contributed by atoms with E-state index in [1.807, 2.05) is 47.6 Å². The highest BCUT2D eigenvalue weighted by Crippen LogP contribution is 2.35. The minimum atomic E-state index is -0.164. The molecule has 1 aromatic carbocycles. The second kappa shape index (κ2) is 7.13. The molecule has 0 radical (unpaired) electrons. The van der Waals surface area contributed by atoms with Gasteiger partial charge in [0.25, 0.3) is 5.91 Å². The van der Waals surface area contributed by atoms with Gasteiger partial charge in [-0.1, -0.05) is 18.2 Å². The number of pyridine rings is 1. The summed E-state index contributed by atoms with van der Waals surface area (Å²) in [6.07, 6.45) is 8.65. The molecule has 0 spiro atoms. The van der Waals surface area contributed by atoms with E-state index in [-0.39, 0.29) is 11.4 Å². The van der Waals surface area contributed by atoms with E-state index in [0.29, 0.717) is 5.92 Å². The SMILES string of the molecule is CC1(C)CC(Cn2ccc3cc(-c4cn[nH]c4)cnc32)CN1C(=O)c1ccccc1. The number of carbonyl (C=O) groups is 1. The van der Waals surface area contributed by atoms with Crippen molar-refractivity contribution < 1.29 is 4.79 Å². The number of likely N-dealkylation sites (tertiary alicyclic amines) is 1. The molecule has 1 atom stereocenters. The molecule has 5 rings (SSSR count). The smallest absolute Gasteiger partial charge is 0.254 e. The van der Waals surface area contributed by atoms with Crippen LogP contribution >= 0.6 is 0 Å². The predicted molar refractivity (Wildman–Crippen MR) is 117 cm³/mol. The zero-order valence-corrected chi connectivity index (χ0v) is 17.2. The van der Waals surface area contributed by atoms with E-state index in [2.05, 4.69) is 46.9 Å². The zero-order chi connectivity index (χ0) is 20.7. The van der Waals surface area contributed by atoms with E-state index < -0.39 is 0 Å². The van der Waals surface area contributed by atoms with Crippen LogP contribution in [0.2, 0.25) is 0 Å². The van der Waals surface area contributed by atoms with Gasteiger partial charge in [0.2, 0.25) is 0 Å². The Labute approximate surface area is 175 Å². The Hall–Kier alpha value is -3.41. The van der Waals surface area contributed by atoms with Gasteiger partial charge in [0.05, 0.1) is 6.20 Å². The minimum Gasteiger partial charge on any atom is -0.333 e. The number of nitrogens with zero attached hydrogens (tertiary/aromatic N) is 4. The van der Waals surface area contributed by atoms with Crippen LogP contribution in [-0.4, -0.2) is 42.6 Å². The molecule has 1 aliphatic rings. The van der Waals surface area contributed by atoms with Gasteiger partial charge in [0.15, 0.2) is 0 Å². The number of hydrogen-bond acceptors (Lipinski definition) is 3. The maximum absolute atomic E-state index is 13.1. The summed E-state index contributed by atoms with van der Waals surface area (Å²) >= 11 is 0. The van der Waals surface area contributed by atoms with E-state index in [9.17, 15) is 4.79 Å². The van der Waals surface area contributed by atoms with Crippen LogP contribution < -0.4 is 0 Å². The lowest BCUT2D eigenvalue weighted by Crippen LogP contribution is -2.42. The Morgan fingerprint density at radius 1 is 1.17 bits per heavy atom. The van der Waals surface area contributed by atoms with E-state index in [1.165, 1.54) is 0 Å². The maximum atomic E-state index is 13.1. The van der Waals surface area contributed by atoms with Crippen molar-refractivity contribution >= 4 is 16.9 Å². The van der Waals surface area contributed by atoms with Crippen molar-refractivity contribution in [3.8, 4) is 11.1 Å². The second-order valence-electron chi connectivity index (χ2n) is 8.76. The molecule has 0 saturated carbocycles. The highest BCUT2D eigenvalue weighted by atomic mass is 16.2. The normalized spacial score (nSPS) is 18.2. The van der Waals surface area contributed by atoms with Crippen molar-refractivity contribution in [1.29, 1.82) is 0 Å². The topological polar surface area (TPSA) is 66.8 Å². The maximum Gasteiger partial charge on any atom is 0.254 e. The van der Waals surface area contributed by atoms with E-state index in [0.717, 1.165) is 47.2 Å². The number of aromatic amines is 1. The third kappa shape index (κ3) is 3.28. The number of carbonyl (C=O) groups excluding carboxylic acids is 1. The van der Waals surface area contributed by atoms with Gasteiger partial charge in [-0.3, -0.25) is 9.89 Å². The van der Waals surface area contributed by atoms with Crippen LogP contribution in [0.5, 0.6) is 0 Å². The minimum absolute atomic E-state index is 0.114. The molecule has 0 bridgehead atoms. The van der Waals surface area contributed by atoms with Gasteiger partial charge in [-0.15, -0.1) is 0 Å². The molecule has 0 aliphatic carbocycles. The quantitative estimate of drug-likeness (QED) is 0.554. The van der Waals surface area contributed by atoms with Gasteiger partial charge in [-0.05, 0) is 50.5 Å². The summed E-state index contributed by atoms with van der Waals surface area (Å²) in [5.41, 5.74) is 3.65. The average Bonchev–Trinajstić information content (AvgIpc) is 3.47. The fraction of sp³-hybridized carbons (Fsp3) is 0.292. The number of fused-ring (bicyclic) bond motifs is 1. The van der Waals surface area contributed by atoms with Crippen molar-refractivity contribution in [2.75, 3.05) is 6.54 Å². The Morgan fingerprint density at radius 2 is 2.00 bits per heavy atom. The predicted octanol–water partition coefficient (Wildman–Crippen LogP) is 4.37. The first-order valence-corrected chi connectivity index (χ1v) is 10.3. The van der Waals surface area contributed by atoms with Crippen molar-refractivity contribution in [2.24, 2.45) is 5.92 Å². The second-order valence-corrected chi connectivity index (χ2v) is 8.76. The molecule has 6 heteroatoms. The molecule has 1 saturated heterocycles. The van der Waals surface area contributed by atoms with E-state index in [1.54, 1.807) is 6.20 Å². The number of H-pyrrole nitrogens is 1. The third-order valence-electron chi connectivity index (χ3n) is 6.11. The molecule has 152 valence electrons.